The summed E-state index contributed by atoms with van der Waals surface area (Å²) in [5.74, 6) is 0.469. The van der Waals surface area contributed by atoms with Gasteiger partial charge >= 0.3 is 0 Å². The van der Waals surface area contributed by atoms with E-state index in [1.807, 2.05) is 0 Å². The summed E-state index contributed by atoms with van der Waals surface area (Å²) in [6, 6.07) is 5.46. The van der Waals surface area contributed by atoms with Gasteiger partial charge in [0.2, 0.25) is 0 Å². The number of halogens is 1. The number of hydrogen-bond donors (Lipinski definition) is 2. The number of nitrogens with zero attached hydrogens (tertiary/aromatic N) is 1. The Labute approximate surface area is 112 Å². The molecule has 0 aromatic heterocycles. The lowest BCUT2D eigenvalue weighted by Crippen LogP contribution is -2.29. The van der Waals surface area contributed by atoms with E-state index in [4.69, 9.17) is 15.9 Å². The third kappa shape index (κ3) is 3.92. The van der Waals surface area contributed by atoms with Gasteiger partial charge in [-0.15, -0.1) is 0 Å². The highest BCUT2D eigenvalue weighted by molar-refractivity contribution is 5.76. The molecule has 0 radical (unpaired) electrons. The van der Waals surface area contributed by atoms with E-state index < -0.39 is 0 Å². The van der Waals surface area contributed by atoms with Crippen molar-refractivity contribution in [3.8, 4) is 5.75 Å². The Bertz CT molecular complexity index is 460. The molecule has 0 aliphatic heterocycles. The lowest BCUT2D eigenvalue weighted by molar-refractivity contribution is 0.258. The van der Waals surface area contributed by atoms with E-state index in [1.165, 1.54) is 13.2 Å². The number of amidine groups is 1. The van der Waals surface area contributed by atoms with E-state index in [2.05, 4.69) is 4.90 Å². The van der Waals surface area contributed by atoms with Crippen LogP contribution < -0.4 is 10.5 Å². The lowest BCUT2D eigenvalue weighted by atomic mass is 10.1. The maximum atomic E-state index is 13.9. The van der Waals surface area contributed by atoms with Crippen LogP contribution in [0.5, 0.6) is 5.75 Å². The number of rotatable bonds is 7. The Morgan fingerprint density at radius 3 is 2.79 bits per heavy atom. The molecule has 2 rings (SSSR count). The highest BCUT2D eigenvalue weighted by atomic mass is 19.1. The first-order valence-electron chi connectivity index (χ1n) is 6.49. The number of benzene rings is 1. The quantitative estimate of drug-likeness (QED) is 0.586. The molecule has 0 bridgehead atoms. The lowest BCUT2D eigenvalue weighted by Gasteiger charge is -2.22. The van der Waals surface area contributed by atoms with Gasteiger partial charge in [-0.1, -0.05) is 6.07 Å². The molecule has 19 heavy (non-hydrogen) atoms. The van der Waals surface area contributed by atoms with Gasteiger partial charge in [-0.05, 0) is 18.9 Å². The molecule has 0 spiro atoms. The van der Waals surface area contributed by atoms with Gasteiger partial charge in [0.25, 0.3) is 0 Å². The Kier molecular flexibility index (Phi) is 4.37. The van der Waals surface area contributed by atoms with Crippen molar-refractivity contribution in [2.24, 2.45) is 5.73 Å². The second-order valence-corrected chi connectivity index (χ2v) is 4.93. The van der Waals surface area contributed by atoms with Crippen LogP contribution in [-0.2, 0) is 6.54 Å². The van der Waals surface area contributed by atoms with Gasteiger partial charge in [0, 0.05) is 37.2 Å². The number of methoxy groups -OCH3 is 1. The van der Waals surface area contributed by atoms with Crippen LogP contribution in [0.15, 0.2) is 18.2 Å². The molecule has 0 unspecified atom stereocenters. The largest absolute Gasteiger partial charge is 0.497 e. The molecule has 1 saturated carbocycles. The number of nitrogens with two attached hydrogens (primary N) is 1. The van der Waals surface area contributed by atoms with Gasteiger partial charge in [0.1, 0.15) is 11.6 Å². The number of hydrogen-bond acceptors (Lipinski definition) is 3. The summed E-state index contributed by atoms with van der Waals surface area (Å²) in [6.07, 6.45) is 2.83. The first kappa shape index (κ1) is 13.8. The van der Waals surface area contributed by atoms with E-state index in [0.717, 1.165) is 12.8 Å². The molecule has 0 heterocycles. The van der Waals surface area contributed by atoms with Crippen molar-refractivity contribution in [3.05, 3.63) is 29.6 Å². The average Bonchev–Trinajstić information content (AvgIpc) is 3.20. The number of nitrogens with one attached hydrogen (secondary N) is 1. The van der Waals surface area contributed by atoms with Crippen LogP contribution in [0.1, 0.15) is 24.8 Å². The Morgan fingerprint density at radius 1 is 1.53 bits per heavy atom. The zero-order chi connectivity index (χ0) is 13.8. The van der Waals surface area contributed by atoms with Crippen LogP contribution in [0.25, 0.3) is 0 Å². The highest BCUT2D eigenvalue weighted by Crippen LogP contribution is 2.29. The van der Waals surface area contributed by atoms with Crippen molar-refractivity contribution >= 4 is 5.84 Å². The third-order valence-electron chi connectivity index (χ3n) is 3.37. The van der Waals surface area contributed by atoms with Gasteiger partial charge in [-0.3, -0.25) is 10.3 Å². The highest BCUT2D eigenvalue weighted by Gasteiger charge is 2.29. The van der Waals surface area contributed by atoms with Gasteiger partial charge in [-0.2, -0.15) is 0 Å². The predicted molar refractivity (Wildman–Crippen MR) is 72.9 cm³/mol. The van der Waals surface area contributed by atoms with Crippen molar-refractivity contribution in [2.75, 3.05) is 13.7 Å². The fourth-order valence-corrected chi connectivity index (χ4v) is 2.10. The standard InChI is InChI=1S/C14H20FN3O/c1-19-12-5-2-10(13(15)8-12)9-18(11-3-4-11)7-6-14(16)17/h2,5,8,11H,3-4,6-7,9H2,1H3,(H3,16,17). The zero-order valence-electron chi connectivity index (χ0n) is 11.2. The van der Waals surface area contributed by atoms with Crippen LogP contribution in [0, 0.1) is 11.2 Å². The fourth-order valence-electron chi connectivity index (χ4n) is 2.10. The molecule has 4 nitrogen and oxygen atoms in total. The minimum Gasteiger partial charge on any atom is -0.497 e. The molecule has 3 N–H and O–H groups in total. The molecular weight excluding hydrogens is 245 g/mol. The SMILES string of the molecule is COc1ccc(CN(CCC(=N)N)C2CC2)c(F)c1. The van der Waals surface area contributed by atoms with Crippen molar-refractivity contribution < 1.29 is 9.13 Å². The van der Waals surface area contributed by atoms with E-state index in [0.29, 0.717) is 36.9 Å². The van der Waals surface area contributed by atoms with Crippen LogP contribution in [0.4, 0.5) is 4.39 Å². The monoisotopic (exact) mass is 265 g/mol. The molecule has 1 aliphatic carbocycles. The summed E-state index contributed by atoms with van der Waals surface area (Å²) in [4.78, 5) is 2.20. The fraction of sp³-hybridized carbons (Fsp3) is 0.500. The van der Waals surface area contributed by atoms with Gasteiger partial charge in [0.05, 0.1) is 12.9 Å². The first-order valence-corrected chi connectivity index (χ1v) is 6.49. The summed E-state index contributed by atoms with van der Waals surface area (Å²) in [6.45, 7) is 1.28. The van der Waals surface area contributed by atoms with Crippen molar-refractivity contribution in [1.82, 2.24) is 4.90 Å². The Morgan fingerprint density at radius 2 is 2.26 bits per heavy atom. The second-order valence-electron chi connectivity index (χ2n) is 4.93. The Hall–Kier alpha value is -1.62. The molecular formula is C14H20FN3O. The summed E-state index contributed by atoms with van der Waals surface area (Å²) in [5.41, 5.74) is 6.05. The topological polar surface area (TPSA) is 62.3 Å². The van der Waals surface area contributed by atoms with Crippen LogP contribution in [-0.4, -0.2) is 30.4 Å². The van der Waals surface area contributed by atoms with Crippen molar-refractivity contribution in [1.29, 1.82) is 5.41 Å². The Balaban J connectivity index is 2.02. The van der Waals surface area contributed by atoms with Crippen molar-refractivity contribution in [3.63, 3.8) is 0 Å². The summed E-state index contributed by atoms with van der Waals surface area (Å²) < 4.78 is 18.9. The smallest absolute Gasteiger partial charge is 0.131 e. The molecule has 5 heteroatoms. The van der Waals surface area contributed by atoms with Crippen molar-refractivity contribution in [2.45, 2.75) is 31.8 Å². The van der Waals surface area contributed by atoms with Crippen LogP contribution >= 0.6 is 0 Å². The van der Waals surface area contributed by atoms with Gasteiger partial charge in [0.15, 0.2) is 0 Å². The molecule has 1 aliphatic rings. The number of ether oxygens (including phenoxy) is 1. The van der Waals surface area contributed by atoms with Gasteiger partial charge in [-0.25, -0.2) is 4.39 Å². The zero-order valence-corrected chi connectivity index (χ0v) is 11.2. The van der Waals surface area contributed by atoms with Crippen LogP contribution in [0.2, 0.25) is 0 Å². The average molecular weight is 265 g/mol. The molecule has 0 amide bonds. The van der Waals surface area contributed by atoms with E-state index in [9.17, 15) is 4.39 Å². The predicted octanol–water partition coefficient (Wildman–Crippen LogP) is 2.12. The minimum absolute atomic E-state index is 0.181. The molecule has 1 aromatic rings. The molecule has 0 atom stereocenters. The van der Waals surface area contributed by atoms with E-state index in [-0.39, 0.29) is 11.7 Å². The molecule has 0 saturated heterocycles. The first-order chi connectivity index (χ1) is 9.10. The second kappa shape index (κ2) is 6.02. The normalized spacial score (nSPS) is 14.7. The van der Waals surface area contributed by atoms with E-state index in [1.54, 1.807) is 12.1 Å². The van der Waals surface area contributed by atoms with E-state index >= 15 is 0 Å². The molecule has 1 aromatic carbocycles. The summed E-state index contributed by atoms with van der Waals surface area (Å²) >= 11 is 0. The molecule has 1 fully saturated rings. The van der Waals surface area contributed by atoms with Crippen LogP contribution in [0.3, 0.4) is 0 Å². The summed E-state index contributed by atoms with van der Waals surface area (Å²) in [5, 5.41) is 7.28. The maximum Gasteiger partial charge on any atom is 0.131 e. The van der Waals surface area contributed by atoms with Gasteiger partial charge < -0.3 is 10.5 Å². The molecule has 104 valence electrons. The minimum atomic E-state index is -0.243. The summed E-state index contributed by atoms with van der Waals surface area (Å²) in [7, 11) is 1.53. The third-order valence-corrected chi connectivity index (χ3v) is 3.37. The maximum absolute atomic E-state index is 13.9.